The molecule has 2 N–H and O–H groups in total. The van der Waals surface area contributed by atoms with Crippen LogP contribution in [0, 0.1) is 5.41 Å². The van der Waals surface area contributed by atoms with Gasteiger partial charge in [0, 0.05) is 12.2 Å². The van der Waals surface area contributed by atoms with E-state index in [-0.39, 0.29) is 17.4 Å². The molecule has 2 aliphatic rings. The van der Waals surface area contributed by atoms with Crippen LogP contribution in [0.2, 0.25) is 0 Å². The minimum Gasteiger partial charge on any atom is -0.485 e. The molecule has 1 aromatic carbocycles. The van der Waals surface area contributed by atoms with Crippen LogP contribution < -0.4 is 14.8 Å². The van der Waals surface area contributed by atoms with E-state index in [0.29, 0.717) is 30.4 Å². The molecule has 1 amide bonds. The minimum absolute atomic E-state index is 0.0127. The minimum atomic E-state index is -0.340. The number of nitrogens with one attached hydrogen (secondary N) is 2. The summed E-state index contributed by atoms with van der Waals surface area (Å²) < 4.78 is 11.7. The lowest BCUT2D eigenvalue weighted by molar-refractivity contribution is 0.0849. The quantitative estimate of drug-likeness (QED) is 0.846. The first-order valence-electron chi connectivity index (χ1n) is 7.77. The average Bonchev–Trinajstić information content (AvgIpc) is 2.91. The highest BCUT2D eigenvalue weighted by Gasteiger charge is 2.32. The fourth-order valence-electron chi connectivity index (χ4n) is 3.00. The third kappa shape index (κ3) is 2.54. The molecule has 1 aromatic heterocycles. The molecule has 0 bridgehead atoms. The molecule has 3 heterocycles. The maximum Gasteiger partial charge on any atom is 0.271 e. The van der Waals surface area contributed by atoms with Gasteiger partial charge >= 0.3 is 0 Å². The van der Waals surface area contributed by atoms with Gasteiger partial charge in [0.1, 0.15) is 12.3 Å². The molecule has 0 fully saturated rings. The summed E-state index contributed by atoms with van der Waals surface area (Å²) in [6.45, 7) is 5.26. The Bertz CT molecular complexity index is 766. The van der Waals surface area contributed by atoms with Gasteiger partial charge < -0.3 is 19.8 Å². The normalized spacial score (nSPS) is 22.0. The lowest BCUT2D eigenvalue weighted by Gasteiger charge is -2.25. The highest BCUT2D eigenvalue weighted by atomic mass is 16.6. The lowest BCUT2D eigenvalue weighted by atomic mass is 9.88. The fraction of sp³-hybridized carbons (Fsp3) is 0.412. The van der Waals surface area contributed by atoms with Gasteiger partial charge in [-0.15, -0.1) is 0 Å². The van der Waals surface area contributed by atoms with E-state index in [4.69, 9.17) is 9.47 Å². The van der Waals surface area contributed by atoms with Crippen molar-refractivity contribution < 1.29 is 14.3 Å². The van der Waals surface area contributed by atoms with Crippen LogP contribution in [0.4, 0.5) is 0 Å². The Labute approximate surface area is 134 Å². The number of ether oxygens (including phenoxy) is 2. The Kier molecular flexibility index (Phi) is 3.07. The predicted octanol–water partition coefficient (Wildman–Crippen LogP) is 2.23. The fourth-order valence-corrected chi connectivity index (χ4v) is 3.00. The lowest BCUT2D eigenvalue weighted by Crippen LogP contribution is -2.32. The zero-order valence-corrected chi connectivity index (χ0v) is 13.2. The molecule has 6 heteroatoms. The van der Waals surface area contributed by atoms with Crippen LogP contribution in [0.25, 0.3) is 0 Å². The number of benzene rings is 1. The number of aromatic nitrogens is 2. The molecule has 120 valence electrons. The van der Waals surface area contributed by atoms with E-state index in [9.17, 15) is 4.79 Å². The second-order valence-electron chi connectivity index (χ2n) is 6.84. The molecular formula is C17H19N3O3. The molecule has 0 radical (unpaired) electrons. The van der Waals surface area contributed by atoms with E-state index in [1.807, 2.05) is 24.3 Å². The summed E-state index contributed by atoms with van der Waals surface area (Å²) in [5.74, 6) is 1.93. The van der Waals surface area contributed by atoms with Gasteiger partial charge in [-0.25, -0.2) is 4.98 Å². The van der Waals surface area contributed by atoms with Gasteiger partial charge in [-0.1, -0.05) is 26.0 Å². The van der Waals surface area contributed by atoms with Crippen LogP contribution in [-0.2, 0) is 6.42 Å². The number of para-hydroxylation sites is 2. The number of imidazole rings is 1. The van der Waals surface area contributed by atoms with E-state index in [0.717, 1.165) is 17.9 Å². The Morgan fingerprint density at radius 2 is 2.04 bits per heavy atom. The van der Waals surface area contributed by atoms with E-state index >= 15 is 0 Å². The summed E-state index contributed by atoms with van der Waals surface area (Å²) in [6.07, 6.45) is 0.422. The smallest absolute Gasteiger partial charge is 0.271 e. The maximum atomic E-state index is 12.2. The van der Waals surface area contributed by atoms with Gasteiger partial charge in [-0.05, 0) is 24.0 Å². The van der Waals surface area contributed by atoms with Crippen molar-refractivity contribution in [3.05, 3.63) is 41.5 Å². The Morgan fingerprint density at radius 3 is 2.87 bits per heavy atom. The number of nitrogens with zero attached hydrogens (tertiary/aromatic N) is 1. The van der Waals surface area contributed by atoms with E-state index in [1.165, 1.54) is 0 Å². The van der Waals surface area contributed by atoms with Crippen molar-refractivity contribution in [1.29, 1.82) is 0 Å². The topological polar surface area (TPSA) is 76.2 Å². The van der Waals surface area contributed by atoms with Gasteiger partial charge in [0.25, 0.3) is 5.91 Å². The number of hydrogen-bond acceptors (Lipinski definition) is 4. The molecule has 2 aromatic rings. The molecule has 1 atom stereocenters. The van der Waals surface area contributed by atoms with E-state index in [2.05, 4.69) is 29.1 Å². The first kappa shape index (κ1) is 14.1. The number of H-pyrrole nitrogens is 1. The number of amides is 1. The molecule has 0 saturated heterocycles. The Balaban J connectivity index is 1.65. The first-order valence-corrected chi connectivity index (χ1v) is 7.77. The van der Waals surface area contributed by atoms with Crippen molar-refractivity contribution in [3.8, 4) is 11.5 Å². The standard InChI is InChI=1S/C17H19N3O3/c1-17(2)7-10-14(16(21)18-9-17)20-15(19-10)13-8-22-11-5-3-4-6-12(11)23-13/h3-6,13H,7-9H2,1-2H3,(H,18,21)(H,19,20)/t13-/m0/s1. The Hall–Kier alpha value is -2.50. The molecule has 2 aliphatic heterocycles. The van der Waals surface area contributed by atoms with Gasteiger partial charge in [0.2, 0.25) is 0 Å². The molecule has 0 unspecified atom stereocenters. The van der Waals surface area contributed by atoms with Crippen LogP contribution in [0.15, 0.2) is 24.3 Å². The number of aromatic amines is 1. The van der Waals surface area contributed by atoms with Crippen LogP contribution >= 0.6 is 0 Å². The van der Waals surface area contributed by atoms with E-state index < -0.39 is 0 Å². The van der Waals surface area contributed by atoms with Crippen molar-refractivity contribution >= 4 is 5.91 Å². The summed E-state index contributed by atoms with van der Waals surface area (Å²) in [7, 11) is 0. The summed E-state index contributed by atoms with van der Waals surface area (Å²) >= 11 is 0. The number of fused-ring (bicyclic) bond motifs is 2. The molecule has 0 spiro atoms. The first-order chi connectivity index (χ1) is 11.0. The van der Waals surface area contributed by atoms with Crippen molar-refractivity contribution in [2.45, 2.75) is 26.4 Å². The predicted molar refractivity (Wildman–Crippen MR) is 83.7 cm³/mol. The van der Waals surface area contributed by atoms with Crippen molar-refractivity contribution in [3.63, 3.8) is 0 Å². The highest BCUT2D eigenvalue weighted by Crippen LogP contribution is 2.36. The van der Waals surface area contributed by atoms with Gasteiger partial charge in [0.05, 0.1) is 0 Å². The van der Waals surface area contributed by atoms with Crippen LogP contribution in [0.1, 0.15) is 42.0 Å². The second-order valence-corrected chi connectivity index (χ2v) is 6.84. The molecule has 23 heavy (non-hydrogen) atoms. The summed E-state index contributed by atoms with van der Waals surface area (Å²) in [6, 6.07) is 7.55. The third-order valence-corrected chi connectivity index (χ3v) is 4.21. The Morgan fingerprint density at radius 1 is 1.26 bits per heavy atom. The average molecular weight is 313 g/mol. The second kappa shape index (κ2) is 5.01. The summed E-state index contributed by atoms with van der Waals surface area (Å²) in [5, 5.41) is 2.93. The number of hydrogen-bond donors (Lipinski definition) is 2. The van der Waals surface area contributed by atoms with Crippen LogP contribution in [0.5, 0.6) is 11.5 Å². The van der Waals surface area contributed by atoms with Crippen molar-refractivity contribution in [2.75, 3.05) is 13.2 Å². The largest absolute Gasteiger partial charge is 0.485 e. The SMILES string of the molecule is CC1(C)CNC(=O)c2nc([C@@H]3COc4ccccc4O3)[nH]c2C1. The van der Waals surface area contributed by atoms with Gasteiger partial charge in [-0.2, -0.15) is 0 Å². The molecule has 0 saturated carbocycles. The number of carbonyl (C=O) groups excluding carboxylic acids is 1. The zero-order chi connectivity index (χ0) is 16.0. The van der Waals surface area contributed by atoms with E-state index in [1.54, 1.807) is 0 Å². The molecule has 4 rings (SSSR count). The zero-order valence-electron chi connectivity index (χ0n) is 13.2. The third-order valence-electron chi connectivity index (χ3n) is 4.21. The summed E-state index contributed by atoms with van der Waals surface area (Å²) in [4.78, 5) is 20.0. The number of rotatable bonds is 1. The summed E-state index contributed by atoms with van der Waals surface area (Å²) in [5.41, 5.74) is 1.32. The maximum absolute atomic E-state index is 12.2. The molecular weight excluding hydrogens is 294 g/mol. The van der Waals surface area contributed by atoms with Crippen LogP contribution in [-0.4, -0.2) is 29.0 Å². The molecule has 6 nitrogen and oxygen atoms in total. The molecule has 0 aliphatic carbocycles. The monoisotopic (exact) mass is 313 g/mol. The van der Waals surface area contributed by atoms with Crippen LogP contribution in [0.3, 0.4) is 0 Å². The number of carbonyl (C=O) groups is 1. The van der Waals surface area contributed by atoms with Crippen molar-refractivity contribution in [1.82, 2.24) is 15.3 Å². The highest BCUT2D eigenvalue weighted by molar-refractivity contribution is 5.94. The van der Waals surface area contributed by atoms with Gasteiger partial charge in [-0.3, -0.25) is 4.79 Å². The van der Waals surface area contributed by atoms with Crippen molar-refractivity contribution in [2.24, 2.45) is 5.41 Å². The van der Waals surface area contributed by atoms with Gasteiger partial charge in [0.15, 0.2) is 23.4 Å².